The van der Waals surface area contributed by atoms with Gasteiger partial charge in [-0.3, -0.25) is 0 Å². The van der Waals surface area contributed by atoms with E-state index in [-0.39, 0.29) is 12.6 Å². The molecule has 5 nitrogen and oxygen atoms in total. The average Bonchev–Trinajstić information content (AvgIpc) is 2.69. The molecule has 0 aliphatic heterocycles. The van der Waals surface area contributed by atoms with Crippen molar-refractivity contribution in [3.8, 4) is 5.75 Å². The third-order valence-electron chi connectivity index (χ3n) is 2.98. The zero-order chi connectivity index (χ0) is 12.3. The van der Waals surface area contributed by atoms with E-state index in [1.807, 2.05) is 12.1 Å². The Kier molecular flexibility index (Phi) is 3.49. The van der Waals surface area contributed by atoms with Crippen molar-refractivity contribution in [2.75, 3.05) is 13.2 Å². The molecule has 1 aliphatic rings. The van der Waals surface area contributed by atoms with Gasteiger partial charge in [0, 0.05) is 12.6 Å². The number of hydrogen-bond donors (Lipinski definition) is 3. The number of aromatic hydroxyl groups is 1. The molecule has 1 aliphatic carbocycles. The number of nitrogens with two attached hydrogens (primary N) is 1. The predicted molar refractivity (Wildman–Crippen MR) is 62.7 cm³/mol. The fourth-order valence-electron chi connectivity index (χ4n) is 2.23. The summed E-state index contributed by atoms with van der Waals surface area (Å²) in [4.78, 5) is 10.4. The van der Waals surface area contributed by atoms with E-state index < -0.39 is 6.09 Å². The van der Waals surface area contributed by atoms with Crippen molar-refractivity contribution in [1.82, 2.24) is 5.32 Å². The van der Waals surface area contributed by atoms with Gasteiger partial charge in [0.15, 0.2) is 0 Å². The molecule has 1 aromatic rings. The van der Waals surface area contributed by atoms with E-state index in [2.05, 4.69) is 10.1 Å². The highest BCUT2D eigenvalue weighted by molar-refractivity contribution is 5.64. The first-order valence-corrected chi connectivity index (χ1v) is 5.65. The van der Waals surface area contributed by atoms with Crippen molar-refractivity contribution in [3.63, 3.8) is 0 Å². The maximum Gasteiger partial charge on any atom is 0.404 e. The summed E-state index contributed by atoms with van der Waals surface area (Å²) in [5, 5.41) is 13.0. The molecular formula is C12H16N2O3. The van der Waals surface area contributed by atoms with E-state index in [0.717, 1.165) is 24.0 Å². The number of amides is 1. The lowest BCUT2D eigenvalue weighted by Gasteiger charge is -2.13. The van der Waals surface area contributed by atoms with Crippen LogP contribution in [-0.4, -0.2) is 24.4 Å². The summed E-state index contributed by atoms with van der Waals surface area (Å²) in [7, 11) is 0. The minimum Gasteiger partial charge on any atom is -0.508 e. The van der Waals surface area contributed by atoms with Crippen LogP contribution in [0.25, 0.3) is 0 Å². The van der Waals surface area contributed by atoms with Crippen molar-refractivity contribution in [1.29, 1.82) is 0 Å². The van der Waals surface area contributed by atoms with Gasteiger partial charge in [0.25, 0.3) is 0 Å². The minimum atomic E-state index is -0.753. The fraction of sp³-hybridized carbons (Fsp3) is 0.417. The van der Waals surface area contributed by atoms with Crippen LogP contribution in [0.1, 0.15) is 23.6 Å². The lowest BCUT2D eigenvalue weighted by Crippen LogP contribution is -2.26. The van der Waals surface area contributed by atoms with E-state index in [9.17, 15) is 9.90 Å². The molecule has 2 rings (SSSR count). The summed E-state index contributed by atoms with van der Waals surface area (Å²) in [6.45, 7) is 0.822. The Hall–Kier alpha value is -1.75. The molecule has 5 heteroatoms. The summed E-state index contributed by atoms with van der Waals surface area (Å²) < 4.78 is 4.64. The lowest BCUT2D eigenvalue weighted by molar-refractivity contribution is 0.156. The number of phenols is 1. The Morgan fingerprint density at radius 3 is 3.18 bits per heavy atom. The molecule has 0 saturated heterocycles. The van der Waals surface area contributed by atoms with Gasteiger partial charge in [-0.25, -0.2) is 4.79 Å². The van der Waals surface area contributed by atoms with Gasteiger partial charge in [-0.15, -0.1) is 0 Å². The third-order valence-corrected chi connectivity index (χ3v) is 2.98. The van der Waals surface area contributed by atoms with E-state index >= 15 is 0 Å². The summed E-state index contributed by atoms with van der Waals surface area (Å²) in [5.41, 5.74) is 7.00. The number of primary amides is 1. The van der Waals surface area contributed by atoms with Crippen LogP contribution in [0.3, 0.4) is 0 Å². The molecule has 0 bridgehead atoms. The summed E-state index contributed by atoms with van der Waals surface area (Å²) in [6.07, 6.45) is 1.07. The van der Waals surface area contributed by atoms with Gasteiger partial charge in [0.05, 0.1) is 0 Å². The molecule has 0 heterocycles. The molecule has 0 radical (unpaired) electrons. The van der Waals surface area contributed by atoms with Crippen LogP contribution < -0.4 is 11.1 Å². The van der Waals surface area contributed by atoms with Crippen LogP contribution in [0.15, 0.2) is 18.2 Å². The molecule has 1 aromatic carbocycles. The van der Waals surface area contributed by atoms with Crippen molar-refractivity contribution < 1.29 is 14.6 Å². The molecule has 1 atom stereocenters. The molecule has 92 valence electrons. The first-order valence-electron chi connectivity index (χ1n) is 5.65. The number of fused-ring (bicyclic) bond motifs is 1. The van der Waals surface area contributed by atoms with Crippen LogP contribution in [0.5, 0.6) is 5.75 Å². The van der Waals surface area contributed by atoms with Gasteiger partial charge in [-0.2, -0.15) is 0 Å². The van der Waals surface area contributed by atoms with Gasteiger partial charge in [0.1, 0.15) is 12.4 Å². The maximum atomic E-state index is 10.4. The largest absolute Gasteiger partial charge is 0.508 e. The number of rotatable bonds is 4. The molecule has 0 saturated carbocycles. The van der Waals surface area contributed by atoms with Crippen LogP contribution in [-0.2, 0) is 11.2 Å². The second kappa shape index (κ2) is 5.05. The minimum absolute atomic E-state index is 0.216. The fourth-order valence-corrected chi connectivity index (χ4v) is 2.23. The Bertz CT molecular complexity index is 420. The van der Waals surface area contributed by atoms with Crippen molar-refractivity contribution in [2.24, 2.45) is 5.73 Å². The van der Waals surface area contributed by atoms with Crippen molar-refractivity contribution in [2.45, 2.75) is 18.9 Å². The van der Waals surface area contributed by atoms with Crippen molar-refractivity contribution >= 4 is 6.09 Å². The van der Waals surface area contributed by atoms with Crippen LogP contribution in [0.4, 0.5) is 4.79 Å². The van der Waals surface area contributed by atoms with Gasteiger partial charge >= 0.3 is 6.09 Å². The second-order valence-electron chi connectivity index (χ2n) is 4.06. The van der Waals surface area contributed by atoms with Gasteiger partial charge in [-0.1, -0.05) is 12.1 Å². The Balaban J connectivity index is 1.89. The van der Waals surface area contributed by atoms with E-state index in [1.54, 1.807) is 6.07 Å². The topological polar surface area (TPSA) is 84.6 Å². The Morgan fingerprint density at radius 2 is 2.41 bits per heavy atom. The number of benzene rings is 1. The molecule has 17 heavy (non-hydrogen) atoms. The molecular weight excluding hydrogens is 220 g/mol. The molecule has 0 fully saturated rings. The smallest absolute Gasteiger partial charge is 0.404 e. The predicted octanol–water partition coefficient (Wildman–Crippen LogP) is 1.06. The summed E-state index contributed by atoms with van der Waals surface area (Å²) in [5.74, 6) is 0.361. The molecule has 0 aromatic heterocycles. The van der Waals surface area contributed by atoms with Gasteiger partial charge in [-0.05, 0) is 30.0 Å². The third kappa shape index (κ3) is 2.68. The SMILES string of the molecule is NC(=O)OCCNC1CCc2c(O)cccc21. The van der Waals surface area contributed by atoms with Crippen LogP contribution in [0.2, 0.25) is 0 Å². The molecule has 1 amide bonds. The second-order valence-corrected chi connectivity index (χ2v) is 4.06. The normalized spacial score (nSPS) is 17.8. The van der Waals surface area contributed by atoms with Crippen molar-refractivity contribution in [3.05, 3.63) is 29.3 Å². The summed E-state index contributed by atoms with van der Waals surface area (Å²) in [6, 6.07) is 5.77. The quantitative estimate of drug-likeness (QED) is 0.682. The maximum absolute atomic E-state index is 10.4. The number of carbonyl (C=O) groups excluding carboxylic acids is 1. The number of carbonyl (C=O) groups is 1. The first-order chi connectivity index (χ1) is 8.18. The highest BCUT2D eigenvalue weighted by Gasteiger charge is 2.23. The lowest BCUT2D eigenvalue weighted by atomic mass is 10.1. The number of phenolic OH excluding ortho intramolecular Hbond substituents is 1. The number of hydrogen-bond acceptors (Lipinski definition) is 4. The molecule has 4 N–H and O–H groups in total. The standard InChI is InChI=1S/C12H16N2O3/c13-12(16)17-7-6-14-10-5-4-9-8(10)2-1-3-11(9)15/h1-3,10,14-15H,4-7H2,(H2,13,16). The Morgan fingerprint density at radius 1 is 1.59 bits per heavy atom. The highest BCUT2D eigenvalue weighted by Crippen LogP contribution is 2.35. The van der Waals surface area contributed by atoms with Gasteiger partial charge in [0.2, 0.25) is 0 Å². The van der Waals surface area contributed by atoms with Gasteiger partial charge < -0.3 is 20.9 Å². The van der Waals surface area contributed by atoms with E-state index in [1.165, 1.54) is 0 Å². The van der Waals surface area contributed by atoms with E-state index in [4.69, 9.17) is 5.73 Å². The average molecular weight is 236 g/mol. The molecule has 1 unspecified atom stereocenters. The number of ether oxygens (including phenoxy) is 1. The zero-order valence-electron chi connectivity index (χ0n) is 9.48. The Labute approximate surface area is 99.6 Å². The highest BCUT2D eigenvalue weighted by atomic mass is 16.5. The zero-order valence-corrected chi connectivity index (χ0v) is 9.48. The first kappa shape index (κ1) is 11.7. The van der Waals surface area contributed by atoms with E-state index in [0.29, 0.717) is 12.3 Å². The number of nitrogens with one attached hydrogen (secondary N) is 1. The molecule has 0 spiro atoms. The van der Waals surface area contributed by atoms with Crippen LogP contribution in [0, 0.1) is 0 Å². The monoisotopic (exact) mass is 236 g/mol. The van der Waals surface area contributed by atoms with Crippen LogP contribution >= 0.6 is 0 Å². The summed E-state index contributed by atoms with van der Waals surface area (Å²) >= 11 is 0.